The molecule has 0 amide bonds. The topological polar surface area (TPSA) is 18.1 Å². The predicted octanol–water partition coefficient (Wildman–Crippen LogP) is 11.0. The molecule has 45 heavy (non-hydrogen) atoms. The lowest BCUT2D eigenvalue weighted by atomic mass is 9.67. The Bertz CT molecular complexity index is 2550. The molecule has 0 atom stereocenters. The summed E-state index contributed by atoms with van der Waals surface area (Å²) >= 11 is 0. The zero-order chi connectivity index (χ0) is 29.5. The summed E-state index contributed by atoms with van der Waals surface area (Å²) in [5, 5.41) is 4.69. The molecular weight excluding hydrogens is 546 g/mol. The SMILES string of the molecule is c1ccc(C2(c3ccccc3)c3ccccc3-c3ccc(-n4c5ccccc5c5ccc6c7ccccc7oc6c54)cc32)cc1. The normalized spacial score (nSPS) is 13.5. The molecule has 0 saturated heterocycles. The Morgan fingerprint density at radius 1 is 0.444 bits per heavy atom. The van der Waals surface area contributed by atoms with E-state index in [0.29, 0.717) is 0 Å². The van der Waals surface area contributed by atoms with Crippen molar-refractivity contribution in [2.24, 2.45) is 0 Å². The van der Waals surface area contributed by atoms with Crippen LogP contribution in [-0.4, -0.2) is 4.57 Å². The van der Waals surface area contributed by atoms with Crippen LogP contribution in [0.1, 0.15) is 22.3 Å². The highest BCUT2D eigenvalue weighted by atomic mass is 16.3. The Morgan fingerprint density at radius 3 is 1.87 bits per heavy atom. The average molecular weight is 574 g/mol. The minimum Gasteiger partial charge on any atom is -0.454 e. The molecule has 2 heterocycles. The molecule has 0 fully saturated rings. The zero-order valence-corrected chi connectivity index (χ0v) is 24.4. The molecule has 9 aromatic rings. The van der Waals surface area contributed by atoms with Gasteiger partial charge in [-0.2, -0.15) is 0 Å². The third kappa shape index (κ3) is 3.18. The van der Waals surface area contributed by atoms with E-state index < -0.39 is 5.41 Å². The maximum absolute atomic E-state index is 6.66. The van der Waals surface area contributed by atoms with E-state index in [4.69, 9.17) is 4.42 Å². The van der Waals surface area contributed by atoms with E-state index in [1.54, 1.807) is 0 Å². The highest BCUT2D eigenvalue weighted by molar-refractivity contribution is 6.21. The summed E-state index contributed by atoms with van der Waals surface area (Å²) in [5.74, 6) is 0. The van der Waals surface area contributed by atoms with Crippen LogP contribution in [0.15, 0.2) is 168 Å². The fourth-order valence-electron chi connectivity index (χ4n) is 8.07. The van der Waals surface area contributed by atoms with Gasteiger partial charge in [0.1, 0.15) is 5.58 Å². The molecule has 1 aliphatic carbocycles. The molecule has 210 valence electrons. The number of furan rings is 1. The number of rotatable bonds is 3. The third-order valence-electron chi connectivity index (χ3n) is 9.88. The van der Waals surface area contributed by atoms with E-state index in [9.17, 15) is 0 Å². The number of benzene rings is 7. The van der Waals surface area contributed by atoms with Crippen LogP contribution in [0.3, 0.4) is 0 Å². The molecule has 7 aromatic carbocycles. The highest BCUT2D eigenvalue weighted by Crippen LogP contribution is 2.56. The van der Waals surface area contributed by atoms with Crippen molar-refractivity contribution in [2.75, 3.05) is 0 Å². The average Bonchev–Trinajstić information content (AvgIpc) is 3.75. The Hall–Kier alpha value is -5.86. The van der Waals surface area contributed by atoms with Crippen LogP contribution in [0.5, 0.6) is 0 Å². The molecule has 0 spiro atoms. The highest BCUT2D eigenvalue weighted by Gasteiger charge is 2.46. The Balaban J connectivity index is 1.36. The van der Waals surface area contributed by atoms with Crippen molar-refractivity contribution in [1.29, 1.82) is 0 Å². The largest absolute Gasteiger partial charge is 0.454 e. The molecule has 0 unspecified atom stereocenters. The summed E-state index contributed by atoms with van der Waals surface area (Å²) in [4.78, 5) is 0. The van der Waals surface area contributed by atoms with Gasteiger partial charge in [0.05, 0.1) is 16.4 Å². The van der Waals surface area contributed by atoms with Gasteiger partial charge >= 0.3 is 0 Å². The van der Waals surface area contributed by atoms with E-state index in [0.717, 1.165) is 33.1 Å². The van der Waals surface area contributed by atoms with Gasteiger partial charge in [0.15, 0.2) is 5.58 Å². The van der Waals surface area contributed by atoms with Gasteiger partial charge in [0.2, 0.25) is 0 Å². The lowest BCUT2D eigenvalue weighted by molar-refractivity contribution is 0.671. The number of aromatic nitrogens is 1. The fraction of sp³-hybridized carbons (Fsp3) is 0.0233. The summed E-state index contributed by atoms with van der Waals surface area (Å²) in [6.07, 6.45) is 0. The lowest BCUT2D eigenvalue weighted by Crippen LogP contribution is -2.28. The van der Waals surface area contributed by atoms with Gasteiger partial charge in [0.25, 0.3) is 0 Å². The summed E-state index contributed by atoms with van der Waals surface area (Å²) in [7, 11) is 0. The molecule has 2 aromatic heterocycles. The van der Waals surface area contributed by atoms with E-state index in [-0.39, 0.29) is 0 Å². The van der Waals surface area contributed by atoms with Crippen molar-refractivity contribution in [3.8, 4) is 16.8 Å². The van der Waals surface area contributed by atoms with E-state index in [1.165, 1.54) is 49.7 Å². The van der Waals surface area contributed by atoms with Gasteiger partial charge in [0, 0.05) is 27.2 Å². The fourth-order valence-corrected chi connectivity index (χ4v) is 8.07. The Kier molecular flexibility index (Phi) is 4.95. The molecule has 0 radical (unpaired) electrons. The van der Waals surface area contributed by atoms with Crippen LogP contribution in [0.25, 0.3) is 60.6 Å². The maximum atomic E-state index is 6.66. The first-order valence-corrected chi connectivity index (χ1v) is 15.5. The second kappa shape index (κ2) is 9.07. The second-order valence-corrected chi connectivity index (χ2v) is 12.0. The Morgan fingerprint density at radius 2 is 1.07 bits per heavy atom. The standard InChI is InChI=1S/C43H27NO/c1-3-13-28(14-4-1)43(29-15-5-2-6-16-29)37-20-10-7-17-31(37)32-24-23-30(27-38(32)43)44-39-21-11-8-18-33(39)35-25-26-36-34-19-9-12-22-40(34)45-42(36)41(35)44/h1-27H. The summed E-state index contributed by atoms with van der Waals surface area (Å²) in [6, 6.07) is 59.5. The first-order chi connectivity index (χ1) is 22.3. The van der Waals surface area contributed by atoms with Crippen molar-refractivity contribution >= 4 is 43.7 Å². The van der Waals surface area contributed by atoms with Crippen LogP contribution in [0.2, 0.25) is 0 Å². The maximum Gasteiger partial charge on any atom is 0.160 e. The molecule has 0 N–H and O–H groups in total. The van der Waals surface area contributed by atoms with Crippen LogP contribution in [-0.2, 0) is 5.41 Å². The summed E-state index contributed by atoms with van der Waals surface area (Å²) < 4.78 is 9.08. The van der Waals surface area contributed by atoms with Crippen molar-refractivity contribution in [3.63, 3.8) is 0 Å². The first-order valence-electron chi connectivity index (χ1n) is 15.5. The number of para-hydroxylation sites is 2. The van der Waals surface area contributed by atoms with Crippen LogP contribution < -0.4 is 0 Å². The molecular formula is C43H27NO. The smallest absolute Gasteiger partial charge is 0.160 e. The van der Waals surface area contributed by atoms with Gasteiger partial charge < -0.3 is 8.98 Å². The first kappa shape index (κ1) is 24.6. The second-order valence-electron chi connectivity index (χ2n) is 12.0. The number of fused-ring (bicyclic) bond motifs is 10. The molecule has 0 bridgehead atoms. The number of hydrogen-bond donors (Lipinski definition) is 0. The monoisotopic (exact) mass is 573 g/mol. The molecule has 1 aliphatic rings. The molecule has 0 aliphatic heterocycles. The van der Waals surface area contributed by atoms with E-state index in [1.807, 2.05) is 6.07 Å². The van der Waals surface area contributed by atoms with Gasteiger partial charge in [-0.15, -0.1) is 0 Å². The minimum absolute atomic E-state index is 0.460. The van der Waals surface area contributed by atoms with Crippen LogP contribution in [0, 0.1) is 0 Å². The van der Waals surface area contributed by atoms with Crippen molar-refractivity contribution < 1.29 is 4.42 Å². The Labute approximate surface area is 260 Å². The lowest BCUT2D eigenvalue weighted by Gasteiger charge is -2.34. The van der Waals surface area contributed by atoms with Crippen LogP contribution >= 0.6 is 0 Å². The molecule has 0 saturated carbocycles. The van der Waals surface area contributed by atoms with Crippen molar-refractivity contribution in [3.05, 3.63) is 186 Å². The minimum atomic E-state index is -0.460. The quantitative estimate of drug-likeness (QED) is 0.206. The van der Waals surface area contributed by atoms with Gasteiger partial charge in [-0.25, -0.2) is 0 Å². The van der Waals surface area contributed by atoms with Crippen molar-refractivity contribution in [2.45, 2.75) is 5.41 Å². The molecule has 2 heteroatoms. The van der Waals surface area contributed by atoms with E-state index >= 15 is 0 Å². The van der Waals surface area contributed by atoms with Crippen molar-refractivity contribution in [1.82, 2.24) is 4.57 Å². The van der Waals surface area contributed by atoms with Gasteiger partial charge in [-0.05, 0) is 63.7 Å². The van der Waals surface area contributed by atoms with E-state index in [2.05, 4.69) is 162 Å². The predicted molar refractivity (Wildman–Crippen MR) is 185 cm³/mol. The van der Waals surface area contributed by atoms with Crippen LogP contribution in [0.4, 0.5) is 0 Å². The zero-order valence-electron chi connectivity index (χ0n) is 24.4. The molecule has 2 nitrogen and oxygen atoms in total. The third-order valence-corrected chi connectivity index (χ3v) is 9.88. The molecule has 10 rings (SSSR count). The van der Waals surface area contributed by atoms with Gasteiger partial charge in [-0.3, -0.25) is 0 Å². The summed E-state index contributed by atoms with van der Waals surface area (Å²) in [6.45, 7) is 0. The van der Waals surface area contributed by atoms with Gasteiger partial charge in [-0.1, -0.05) is 133 Å². The number of nitrogens with zero attached hydrogens (tertiary/aromatic N) is 1. The number of hydrogen-bond acceptors (Lipinski definition) is 1. The summed E-state index contributed by atoms with van der Waals surface area (Å²) in [5.41, 5.74) is 12.5.